The van der Waals surface area contributed by atoms with Crippen molar-refractivity contribution in [1.29, 1.82) is 0 Å². The van der Waals surface area contributed by atoms with E-state index < -0.39 is 26.6 Å². The van der Waals surface area contributed by atoms with Gasteiger partial charge in [0.1, 0.15) is 13.2 Å². The van der Waals surface area contributed by atoms with Gasteiger partial charge in [-0.25, -0.2) is 0 Å². The maximum Gasteiger partial charge on any atom is 0.268 e. The molecular weight excluding hydrogens is 1080 g/mol. The van der Waals surface area contributed by atoms with Crippen molar-refractivity contribution >= 4 is 13.7 Å². The van der Waals surface area contributed by atoms with Gasteiger partial charge in [-0.2, -0.15) is 0 Å². The number of aliphatic hydroxyl groups excluding tert-OH is 1. The van der Waals surface area contributed by atoms with Crippen LogP contribution in [0.4, 0.5) is 0 Å². The number of nitrogens with one attached hydrogen (secondary N) is 1. The zero-order chi connectivity index (χ0) is 62.6. The van der Waals surface area contributed by atoms with E-state index in [9.17, 15) is 19.4 Å². The van der Waals surface area contributed by atoms with Crippen molar-refractivity contribution in [2.75, 3.05) is 40.9 Å². The Morgan fingerprint density at radius 1 is 0.419 bits per heavy atom. The highest BCUT2D eigenvalue weighted by molar-refractivity contribution is 7.45. The first-order chi connectivity index (χ1) is 42.0. The number of unbranched alkanes of at least 4 members (excludes halogenated alkanes) is 46. The summed E-state index contributed by atoms with van der Waals surface area (Å²) in [5, 5.41) is 14.0. The van der Waals surface area contributed by atoms with E-state index >= 15 is 0 Å². The van der Waals surface area contributed by atoms with Gasteiger partial charge in [-0.1, -0.05) is 356 Å². The molecule has 86 heavy (non-hydrogen) atoms. The summed E-state index contributed by atoms with van der Waals surface area (Å²) >= 11 is 0. The van der Waals surface area contributed by atoms with Crippen molar-refractivity contribution in [2.45, 2.75) is 373 Å². The lowest BCUT2D eigenvalue weighted by molar-refractivity contribution is -0.870. The predicted molar refractivity (Wildman–Crippen MR) is 376 cm³/mol. The Morgan fingerprint density at radius 2 is 0.721 bits per heavy atom. The molecule has 0 saturated carbocycles. The van der Waals surface area contributed by atoms with Gasteiger partial charge in [-0.15, -0.1) is 0 Å². The molecule has 0 heterocycles. The van der Waals surface area contributed by atoms with Gasteiger partial charge in [0.25, 0.3) is 7.82 Å². The number of carbonyl (C=O) groups is 1. The zero-order valence-corrected chi connectivity index (χ0v) is 58.7. The third-order valence-electron chi connectivity index (χ3n) is 16.9. The SMILES string of the molecule is CC/C=C\C/C=C\C/C=C\C/C=C\CCCCCCCCCCCCCCCCCCCCCCCCCCCCC(=O)NC(COP(=O)([O-])OCC[N+](C)(C)C)C(O)/C=C/CC/C=C/CCCCCCCCCCCCCCCCCCCCC. The highest BCUT2D eigenvalue weighted by Gasteiger charge is 2.23. The molecule has 504 valence electrons. The van der Waals surface area contributed by atoms with Crippen LogP contribution in [-0.2, 0) is 18.4 Å². The van der Waals surface area contributed by atoms with E-state index in [4.69, 9.17) is 9.05 Å². The van der Waals surface area contributed by atoms with Crippen molar-refractivity contribution in [3.8, 4) is 0 Å². The van der Waals surface area contributed by atoms with Gasteiger partial charge in [0.15, 0.2) is 0 Å². The largest absolute Gasteiger partial charge is 0.756 e. The number of hydrogen-bond donors (Lipinski definition) is 2. The van der Waals surface area contributed by atoms with Crippen molar-refractivity contribution in [3.63, 3.8) is 0 Å². The smallest absolute Gasteiger partial charge is 0.268 e. The molecule has 3 unspecified atom stereocenters. The molecule has 0 fully saturated rings. The number of phosphoric ester groups is 1. The van der Waals surface area contributed by atoms with Crippen LogP contribution in [0.25, 0.3) is 0 Å². The van der Waals surface area contributed by atoms with Gasteiger partial charge in [0, 0.05) is 6.42 Å². The molecule has 1 amide bonds. The lowest BCUT2D eigenvalue weighted by atomic mass is 10.0. The summed E-state index contributed by atoms with van der Waals surface area (Å²) in [6, 6.07) is -0.905. The van der Waals surface area contributed by atoms with Gasteiger partial charge >= 0.3 is 0 Å². The molecule has 0 aliphatic rings. The summed E-state index contributed by atoms with van der Waals surface area (Å²) in [5.74, 6) is -0.201. The van der Waals surface area contributed by atoms with Crippen molar-refractivity contribution in [2.24, 2.45) is 0 Å². The standard InChI is InChI=1S/C77H145N2O6P/c1-6-8-10-12-14-16-18-20-22-24-26-28-30-32-33-34-35-36-37-38-39-40-41-42-43-44-45-47-49-51-53-55-57-59-61-63-65-67-69-71-77(81)78-75(74-85-86(82,83)84-73-72-79(3,4)5)76(80)70-68-66-64-62-60-58-56-54-52-50-48-46-31-29-27-25-23-21-19-17-15-13-11-9-7-2/h8,10,14,16,20,22,26,28,60,62,68,70,75-76,80H,6-7,9,11-13,15,17-19,21,23-25,27,29-59,61,63-67,69,71-74H2,1-5H3,(H-,78,81,82,83)/b10-8-,16-14-,22-20-,28-26-,62-60+,70-68+. The first kappa shape index (κ1) is 83.9. The van der Waals surface area contributed by atoms with Gasteiger partial charge in [0.2, 0.25) is 5.91 Å². The van der Waals surface area contributed by atoms with Crippen LogP contribution in [-0.4, -0.2) is 68.5 Å². The highest BCUT2D eigenvalue weighted by Crippen LogP contribution is 2.38. The average Bonchev–Trinajstić information content (AvgIpc) is 3.70. The molecule has 0 aliphatic carbocycles. The topological polar surface area (TPSA) is 108 Å². The second kappa shape index (κ2) is 67.3. The number of aliphatic hydroxyl groups is 1. The molecule has 8 nitrogen and oxygen atoms in total. The second-order valence-corrected chi connectivity index (χ2v) is 28.0. The molecule has 0 aromatic carbocycles. The molecule has 0 aromatic rings. The summed E-state index contributed by atoms with van der Waals surface area (Å²) in [6.45, 7) is 4.57. The lowest BCUT2D eigenvalue weighted by Crippen LogP contribution is -2.45. The van der Waals surface area contributed by atoms with Crippen molar-refractivity contribution < 1.29 is 32.9 Å². The molecular formula is C77H145N2O6P. The minimum absolute atomic E-state index is 0.00565. The number of carbonyl (C=O) groups excluding carboxylic acids is 1. The minimum Gasteiger partial charge on any atom is -0.756 e. The molecule has 0 radical (unpaired) electrons. The summed E-state index contributed by atoms with van der Waals surface area (Å²) in [4.78, 5) is 25.7. The molecule has 0 bridgehead atoms. The van der Waals surface area contributed by atoms with Crippen LogP contribution in [0.5, 0.6) is 0 Å². The Morgan fingerprint density at radius 3 is 1.08 bits per heavy atom. The van der Waals surface area contributed by atoms with Crippen LogP contribution < -0.4 is 10.2 Å². The third kappa shape index (κ3) is 69.4. The summed E-state index contributed by atoms with van der Waals surface area (Å²) in [5.41, 5.74) is 0. The van der Waals surface area contributed by atoms with Crippen LogP contribution in [0.15, 0.2) is 72.9 Å². The summed E-state index contributed by atoms with van der Waals surface area (Å²) < 4.78 is 23.5. The second-order valence-electron chi connectivity index (χ2n) is 26.6. The van der Waals surface area contributed by atoms with Crippen molar-refractivity contribution in [3.05, 3.63) is 72.9 Å². The Bertz CT molecular complexity index is 1630. The van der Waals surface area contributed by atoms with E-state index in [0.29, 0.717) is 17.4 Å². The zero-order valence-electron chi connectivity index (χ0n) is 57.8. The normalized spacial score (nSPS) is 14.0. The lowest BCUT2D eigenvalue weighted by Gasteiger charge is -2.29. The highest BCUT2D eigenvalue weighted by atomic mass is 31.2. The van der Waals surface area contributed by atoms with E-state index in [2.05, 4.69) is 79.9 Å². The Labute approximate surface area is 535 Å². The van der Waals surface area contributed by atoms with E-state index in [1.807, 2.05) is 27.2 Å². The summed E-state index contributed by atoms with van der Waals surface area (Å²) in [6.07, 6.45) is 94.9. The van der Waals surface area contributed by atoms with E-state index in [1.165, 1.54) is 276 Å². The fourth-order valence-corrected chi connectivity index (χ4v) is 11.9. The minimum atomic E-state index is -4.61. The fourth-order valence-electron chi connectivity index (χ4n) is 11.2. The Kier molecular flexibility index (Phi) is 65.7. The number of phosphoric acid groups is 1. The van der Waals surface area contributed by atoms with E-state index in [0.717, 1.165) is 64.2 Å². The van der Waals surface area contributed by atoms with Gasteiger partial charge < -0.3 is 28.8 Å². The molecule has 9 heteroatoms. The van der Waals surface area contributed by atoms with E-state index in [-0.39, 0.29) is 12.5 Å². The molecule has 0 aliphatic heterocycles. The molecule has 2 N–H and O–H groups in total. The average molecular weight is 1230 g/mol. The molecule has 0 aromatic heterocycles. The maximum absolute atomic E-state index is 13.0. The maximum atomic E-state index is 13.0. The number of rotatable bonds is 69. The van der Waals surface area contributed by atoms with E-state index in [1.54, 1.807) is 6.08 Å². The fraction of sp³-hybridized carbons (Fsp3) is 0.831. The number of allylic oxidation sites excluding steroid dienone is 11. The van der Waals surface area contributed by atoms with Crippen LogP contribution in [0.3, 0.4) is 0 Å². The monoisotopic (exact) mass is 1230 g/mol. The number of likely N-dealkylation sites (N-methyl/N-ethyl adjacent to an activating group) is 1. The van der Waals surface area contributed by atoms with Crippen LogP contribution >= 0.6 is 7.82 Å². The summed E-state index contributed by atoms with van der Waals surface area (Å²) in [7, 11) is 1.26. The Balaban J connectivity index is 3.98. The molecule has 0 saturated heterocycles. The third-order valence-corrected chi connectivity index (χ3v) is 17.9. The quantitative estimate of drug-likeness (QED) is 0.0272. The number of nitrogens with zero attached hydrogens (tertiary/aromatic N) is 1. The Hall–Kier alpha value is -2.06. The molecule has 0 spiro atoms. The number of quaternary nitrogens is 1. The number of amides is 1. The first-order valence-corrected chi connectivity index (χ1v) is 38.8. The van der Waals surface area contributed by atoms with Gasteiger partial charge in [0.05, 0.1) is 39.9 Å². The van der Waals surface area contributed by atoms with Crippen LogP contribution in [0, 0.1) is 0 Å². The number of hydrogen-bond acceptors (Lipinski definition) is 6. The van der Waals surface area contributed by atoms with Gasteiger partial charge in [-0.05, 0) is 70.6 Å². The van der Waals surface area contributed by atoms with Gasteiger partial charge in [-0.3, -0.25) is 9.36 Å². The van der Waals surface area contributed by atoms with Crippen molar-refractivity contribution in [1.82, 2.24) is 5.32 Å². The first-order valence-electron chi connectivity index (χ1n) is 37.3. The predicted octanol–water partition coefficient (Wildman–Crippen LogP) is 23.5. The van der Waals surface area contributed by atoms with Crippen LogP contribution in [0.1, 0.15) is 361 Å². The molecule has 3 atom stereocenters. The van der Waals surface area contributed by atoms with Crippen LogP contribution in [0.2, 0.25) is 0 Å². The molecule has 0 rings (SSSR count).